The Morgan fingerprint density at radius 3 is 3.04 bits per heavy atom. The van der Waals surface area contributed by atoms with Gasteiger partial charge in [0.2, 0.25) is 11.8 Å². The summed E-state index contributed by atoms with van der Waals surface area (Å²) in [6, 6.07) is 5.41. The molecule has 1 aliphatic heterocycles. The first kappa shape index (κ1) is 19.3. The van der Waals surface area contributed by atoms with E-state index in [-0.39, 0.29) is 18.2 Å². The second kappa shape index (κ2) is 10.0. The van der Waals surface area contributed by atoms with E-state index in [2.05, 4.69) is 11.1 Å². The number of hydrogen-bond acceptors (Lipinski definition) is 5. The molecular weight excluding hydrogens is 336 g/mol. The number of nitriles is 1. The largest absolute Gasteiger partial charge is 0.335 e. The van der Waals surface area contributed by atoms with Gasteiger partial charge >= 0.3 is 0 Å². The van der Waals surface area contributed by atoms with Gasteiger partial charge < -0.3 is 9.80 Å². The smallest absolute Gasteiger partial charge is 0.246 e. The van der Waals surface area contributed by atoms with E-state index >= 15 is 0 Å². The average Bonchev–Trinajstić information content (AvgIpc) is 3.13. The molecule has 6 nitrogen and oxygen atoms in total. The van der Waals surface area contributed by atoms with Crippen molar-refractivity contribution < 1.29 is 9.59 Å². The van der Waals surface area contributed by atoms with Crippen LogP contribution in [-0.4, -0.2) is 50.8 Å². The fraction of sp³-hybridized carbons (Fsp3) is 0.556. The van der Waals surface area contributed by atoms with Crippen LogP contribution in [0, 0.1) is 11.3 Å². The minimum atomic E-state index is -0.426. The number of thioether (sulfide) groups is 1. The van der Waals surface area contributed by atoms with Crippen LogP contribution in [0.25, 0.3) is 0 Å². The molecule has 1 aromatic rings. The predicted molar refractivity (Wildman–Crippen MR) is 97.4 cm³/mol. The summed E-state index contributed by atoms with van der Waals surface area (Å²) in [4.78, 5) is 32.9. The van der Waals surface area contributed by atoms with E-state index in [0.29, 0.717) is 31.1 Å². The Balaban J connectivity index is 2.08. The quantitative estimate of drug-likeness (QED) is 0.711. The molecule has 2 heterocycles. The van der Waals surface area contributed by atoms with Gasteiger partial charge in [-0.3, -0.25) is 14.6 Å². The molecule has 0 aromatic carbocycles. The Labute approximate surface area is 153 Å². The summed E-state index contributed by atoms with van der Waals surface area (Å²) in [5.74, 6) is 1.16. The average molecular weight is 360 g/mol. The van der Waals surface area contributed by atoms with Crippen LogP contribution in [0.3, 0.4) is 0 Å². The molecule has 1 aliphatic rings. The summed E-state index contributed by atoms with van der Waals surface area (Å²) in [6.45, 7) is 2.82. The molecule has 1 unspecified atom stereocenters. The van der Waals surface area contributed by atoms with E-state index in [1.165, 1.54) is 0 Å². The Hall–Kier alpha value is -2.07. The number of aromatic nitrogens is 1. The Morgan fingerprint density at radius 2 is 2.36 bits per heavy atom. The zero-order chi connectivity index (χ0) is 18.1. The molecule has 0 N–H and O–H groups in total. The molecule has 0 radical (unpaired) electrons. The van der Waals surface area contributed by atoms with Crippen LogP contribution in [0.2, 0.25) is 0 Å². The van der Waals surface area contributed by atoms with Crippen molar-refractivity contribution in [2.45, 2.75) is 45.2 Å². The van der Waals surface area contributed by atoms with E-state index in [0.717, 1.165) is 18.4 Å². The van der Waals surface area contributed by atoms with Crippen molar-refractivity contribution >= 4 is 23.6 Å². The summed E-state index contributed by atoms with van der Waals surface area (Å²) in [7, 11) is 0. The van der Waals surface area contributed by atoms with Crippen LogP contribution in [-0.2, 0) is 16.1 Å². The number of hydrogen-bond donors (Lipinski definition) is 0. The van der Waals surface area contributed by atoms with E-state index in [4.69, 9.17) is 5.26 Å². The maximum atomic E-state index is 13.0. The number of pyridine rings is 1. The minimum Gasteiger partial charge on any atom is -0.335 e. The van der Waals surface area contributed by atoms with Crippen LogP contribution < -0.4 is 0 Å². The molecule has 0 spiro atoms. The molecular formula is C18H24N4O2S. The van der Waals surface area contributed by atoms with Gasteiger partial charge in [0.15, 0.2) is 0 Å². The maximum Gasteiger partial charge on any atom is 0.246 e. The van der Waals surface area contributed by atoms with Gasteiger partial charge in [0.05, 0.1) is 18.4 Å². The van der Waals surface area contributed by atoms with Crippen LogP contribution in [0.5, 0.6) is 0 Å². The van der Waals surface area contributed by atoms with Crippen molar-refractivity contribution in [2.24, 2.45) is 0 Å². The third kappa shape index (κ3) is 5.46. The molecule has 1 atom stereocenters. The van der Waals surface area contributed by atoms with E-state index in [1.54, 1.807) is 34.0 Å². The molecule has 2 rings (SSSR count). The van der Waals surface area contributed by atoms with Crippen molar-refractivity contribution in [1.29, 1.82) is 5.26 Å². The molecule has 7 heteroatoms. The van der Waals surface area contributed by atoms with Crippen molar-refractivity contribution in [3.8, 4) is 6.07 Å². The highest BCUT2D eigenvalue weighted by Gasteiger charge is 2.36. The van der Waals surface area contributed by atoms with Gasteiger partial charge in [-0.2, -0.15) is 5.26 Å². The van der Waals surface area contributed by atoms with E-state index in [1.807, 2.05) is 19.1 Å². The SMILES string of the molecule is CCCCC(=O)N1CSCC1C(=O)N(CCC#N)Cc1cccnc1. The lowest BCUT2D eigenvalue weighted by Gasteiger charge is -2.29. The van der Waals surface area contributed by atoms with Gasteiger partial charge in [-0.15, -0.1) is 11.8 Å². The van der Waals surface area contributed by atoms with Crippen molar-refractivity contribution in [3.63, 3.8) is 0 Å². The first-order chi connectivity index (χ1) is 12.2. The summed E-state index contributed by atoms with van der Waals surface area (Å²) in [6.07, 6.45) is 5.97. The number of rotatable bonds is 8. The third-order valence-corrected chi connectivity index (χ3v) is 5.15. The van der Waals surface area contributed by atoms with Gasteiger partial charge in [-0.25, -0.2) is 0 Å². The second-order valence-electron chi connectivity index (χ2n) is 6.01. The van der Waals surface area contributed by atoms with Gasteiger partial charge in [-0.05, 0) is 18.1 Å². The molecule has 1 saturated heterocycles. The molecule has 0 saturated carbocycles. The standard InChI is InChI=1S/C18H24N4O2S/c1-2-3-7-17(23)22-14-25-13-16(22)18(24)21(10-5-8-19)12-15-6-4-9-20-11-15/h4,6,9,11,16H,2-3,5,7,10,12-14H2,1H3. The molecule has 0 bridgehead atoms. The van der Waals surface area contributed by atoms with Gasteiger partial charge in [0, 0.05) is 37.7 Å². The number of carbonyl (C=O) groups excluding carboxylic acids is 2. The summed E-state index contributed by atoms with van der Waals surface area (Å²) >= 11 is 1.61. The fourth-order valence-electron chi connectivity index (χ4n) is 2.74. The first-order valence-corrected chi connectivity index (χ1v) is 9.74. The number of unbranched alkanes of at least 4 members (excludes halogenated alkanes) is 1. The lowest BCUT2D eigenvalue weighted by Crippen LogP contribution is -2.49. The van der Waals surface area contributed by atoms with Crippen molar-refractivity contribution in [3.05, 3.63) is 30.1 Å². The zero-order valence-electron chi connectivity index (χ0n) is 14.6. The lowest BCUT2D eigenvalue weighted by molar-refractivity contribution is -0.143. The zero-order valence-corrected chi connectivity index (χ0v) is 15.4. The van der Waals surface area contributed by atoms with Crippen LogP contribution in [0.1, 0.15) is 38.2 Å². The Kier molecular flexibility index (Phi) is 7.74. The van der Waals surface area contributed by atoms with E-state index < -0.39 is 6.04 Å². The fourth-order valence-corrected chi connectivity index (χ4v) is 3.91. The lowest BCUT2D eigenvalue weighted by atomic mass is 10.1. The van der Waals surface area contributed by atoms with Gasteiger partial charge in [0.1, 0.15) is 6.04 Å². The molecule has 2 amide bonds. The Morgan fingerprint density at radius 1 is 1.52 bits per heavy atom. The molecule has 1 aromatic heterocycles. The third-order valence-electron chi connectivity index (χ3n) is 4.13. The summed E-state index contributed by atoms with van der Waals surface area (Å²) < 4.78 is 0. The molecule has 25 heavy (non-hydrogen) atoms. The Bertz CT molecular complexity index is 617. The van der Waals surface area contributed by atoms with Crippen LogP contribution in [0.15, 0.2) is 24.5 Å². The van der Waals surface area contributed by atoms with Crippen LogP contribution in [0.4, 0.5) is 0 Å². The second-order valence-corrected chi connectivity index (χ2v) is 7.01. The molecule has 1 fully saturated rings. The number of nitrogens with zero attached hydrogens (tertiary/aromatic N) is 4. The monoisotopic (exact) mass is 360 g/mol. The summed E-state index contributed by atoms with van der Waals surface area (Å²) in [5, 5.41) is 8.90. The topological polar surface area (TPSA) is 77.3 Å². The van der Waals surface area contributed by atoms with Gasteiger partial charge in [0.25, 0.3) is 0 Å². The number of amides is 2. The molecule has 134 valence electrons. The summed E-state index contributed by atoms with van der Waals surface area (Å²) in [5.41, 5.74) is 0.920. The van der Waals surface area contributed by atoms with E-state index in [9.17, 15) is 9.59 Å². The van der Waals surface area contributed by atoms with Crippen LogP contribution >= 0.6 is 11.8 Å². The highest BCUT2D eigenvalue weighted by Crippen LogP contribution is 2.24. The van der Waals surface area contributed by atoms with Crippen molar-refractivity contribution in [1.82, 2.24) is 14.8 Å². The highest BCUT2D eigenvalue weighted by molar-refractivity contribution is 7.99. The normalized spacial score (nSPS) is 16.5. The highest BCUT2D eigenvalue weighted by atomic mass is 32.2. The van der Waals surface area contributed by atoms with Gasteiger partial charge in [-0.1, -0.05) is 19.4 Å². The maximum absolute atomic E-state index is 13.0. The first-order valence-electron chi connectivity index (χ1n) is 8.59. The molecule has 0 aliphatic carbocycles. The number of carbonyl (C=O) groups is 2. The predicted octanol–water partition coefficient (Wildman–Crippen LogP) is 2.42. The minimum absolute atomic E-state index is 0.0480. The van der Waals surface area contributed by atoms with Crippen molar-refractivity contribution in [2.75, 3.05) is 18.2 Å².